The molecule has 0 spiro atoms. The number of benzene rings is 1. The summed E-state index contributed by atoms with van der Waals surface area (Å²) in [5, 5.41) is 8.99. The first-order valence-corrected chi connectivity index (χ1v) is 10.8. The minimum absolute atomic E-state index is 0.732. The Bertz CT molecular complexity index is 1030. The number of pyridine rings is 1. The Kier molecular flexibility index (Phi) is 5.26. The molecule has 0 saturated heterocycles. The molecule has 0 amide bonds. The Morgan fingerprint density at radius 2 is 1.96 bits per heavy atom. The molecule has 0 aliphatic rings. The van der Waals surface area contributed by atoms with E-state index in [9.17, 15) is 0 Å². The first-order valence-electron chi connectivity index (χ1n) is 7.84. The van der Waals surface area contributed by atoms with Crippen LogP contribution in [0.2, 0.25) is 5.02 Å². The summed E-state index contributed by atoms with van der Waals surface area (Å²) in [5.74, 6) is 0.782. The van der Waals surface area contributed by atoms with Crippen LogP contribution >= 0.6 is 46.0 Å². The lowest BCUT2D eigenvalue weighted by Gasteiger charge is -2.11. The first kappa shape index (κ1) is 17.5. The number of rotatable bonds is 5. The zero-order chi connectivity index (χ0) is 17.9. The maximum Gasteiger partial charge on any atom is 0.188 e. The average Bonchev–Trinajstić information content (AvgIpc) is 3.30. The number of hydrogen-bond acceptors (Lipinski definition) is 6. The highest BCUT2D eigenvalue weighted by molar-refractivity contribution is 7.99. The van der Waals surface area contributed by atoms with Crippen LogP contribution in [0.5, 0.6) is 0 Å². The zero-order valence-corrected chi connectivity index (χ0v) is 17.0. The van der Waals surface area contributed by atoms with Crippen molar-refractivity contribution in [3.05, 3.63) is 70.1 Å². The van der Waals surface area contributed by atoms with Gasteiger partial charge in [0.15, 0.2) is 5.13 Å². The third-order valence-corrected chi connectivity index (χ3v) is 6.90. The standard InChI is InChI=1S/C19H14ClN3S3/c1-12-11-25-19(22-12)23-18-17(26-16-6-3-2-5-14(16)20)9-13(10-21-18)15-7-4-8-24-15/h2-11H,1H3,(H,21,22,23). The number of hydrogen-bond donors (Lipinski definition) is 1. The quantitative estimate of drug-likeness (QED) is 0.376. The van der Waals surface area contributed by atoms with Crippen LogP contribution in [0.4, 0.5) is 10.9 Å². The highest BCUT2D eigenvalue weighted by Crippen LogP contribution is 2.39. The molecule has 0 radical (unpaired) electrons. The lowest BCUT2D eigenvalue weighted by molar-refractivity contribution is 1.20. The average molecular weight is 416 g/mol. The van der Waals surface area contributed by atoms with Crippen molar-refractivity contribution in [3.8, 4) is 10.4 Å². The van der Waals surface area contributed by atoms with Crippen LogP contribution in [0, 0.1) is 6.92 Å². The number of aromatic nitrogens is 2. The van der Waals surface area contributed by atoms with Gasteiger partial charge in [-0.25, -0.2) is 9.97 Å². The fourth-order valence-corrected chi connectivity index (χ4v) is 4.94. The number of aryl methyl sites for hydroxylation is 1. The Morgan fingerprint density at radius 1 is 1.08 bits per heavy atom. The van der Waals surface area contributed by atoms with E-state index < -0.39 is 0 Å². The van der Waals surface area contributed by atoms with Gasteiger partial charge in [-0.3, -0.25) is 0 Å². The summed E-state index contributed by atoms with van der Waals surface area (Å²) in [6.45, 7) is 1.98. The van der Waals surface area contributed by atoms with Gasteiger partial charge in [0.25, 0.3) is 0 Å². The number of thiophene rings is 1. The smallest absolute Gasteiger partial charge is 0.188 e. The number of anilines is 2. The van der Waals surface area contributed by atoms with Crippen molar-refractivity contribution >= 4 is 57.0 Å². The second kappa shape index (κ2) is 7.80. The molecule has 26 heavy (non-hydrogen) atoms. The lowest BCUT2D eigenvalue weighted by Crippen LogP contribution is -1.96. The van der Waals surface area contributed by atoms with Crippen LogP contribution in [0.25, 0.3) is 10.4 Å². The molecule has 0 aliphatic heterocycles. The summed E-state index contributed by atoms with van der Waals surface area (Å²) >= 11 is 11.2. The molecule has 0 saturated carbocycles. The van der Waals surface area contributed by atoms with Gasteiger partial charge in [-0.2, -0.15) is 0 Å². The monoisotopic (exact) mass is 415 g/mol. The fraction of sp³-hybridized carbons (Fsp3) is 0.0526. The predicted molar refractivity (Wildman–Crippen MR) is 113 cm³/mol. The van der Waals surface area contributed by atoms with Gasteiger partial charge in [0.2, 0.25) is 0 Å². The minimum atomic E-state index is 0.732. The summed E-state index contributed by atoms with van der Waals surface area (Å²) in [7, 11) is 0. The van der Waals surface area contributed by atoms with Gasteiger partial charge in [-0.05, 0) is 36.6 Å². The van der Waals surface area contributed by atoms with Gasteiger partial charge >= 0.3 is 0 Å². The predicted octanol–water partition coefficient (Wildman–Crippen LogP) is 7.12. The van der Waals surface area contributed by atoms with Crippen LogP contribution in [0.3, 0.4) is 0 Å². The second-order valence-electron chi connectivity index (χ2n) is 5.50. The molecular weight excluding hydrogens is 402 g/mol. The van der Waals surface area contributed by atoms with E-state index in [1.807, 2.05) is 48.8 Å². The van der Waals surface area contributed by atoms with E-state index in [-0.39, 0.29) is 0 Å². The third kappa shape index (κ3) is 3.94. The Hall–Kier alpha value is -1.86. The van der Waals surface area contributed by atoms with E-state index in [0.29, 0.717) is 0 Å². The van der Waals surface area contributed by atoms with Gasteiger partial charge in [-0.1, -0.05) is 41.6 Å². The van der Waals surface area contributed by atoms with Crippen LogP contribution in [0.15, 0.2) is 69.2 Å². The maximum atomic E-state index is 6.36. The zero-order valence-electron chi connectivity index (χ0n) is 13.8. The molecular formula is C19H14ClN3S3. The van der Waals surface area contributed by atoms with Gasteiger partial charge in [0.05, 0.1) is 15.6 Å². The summed E-state index contributed by atoms with van der Waals surface area (Å²) in [6.07, 6.45) is 1.89. The van der Waals surface area contributed by atoms with E-state index in [0.717, 1.165) is 37.0 Å². The summed E-state index contributed by atoms with van der Waals surface area (Å²) in [6, 6.07) is 14.1. The van der Waals surface area contributed by atoms with Crippen molar-refractivity contribution < 1.29 is 0 Å². The van der Waals surface area contributed by atoms with Crippen molar-refractivity contribution in [2.75, 3.05) is 5.32 Å². The largest absolute Gasteiger partial charge is 0.315 e. The van der Waals surface area contributed by atoms with Gasteiger partial charge in [-0.15, -0.1) is 22.7 Å². The molecule has 3 heterocycles. The van der Waals surface area contributed by atoms with Crippen molar-refractivity contribution in [1.82, 2.24) is 9.97 Å². The maximum absolute atomic E-state index is 6.36. The summed E-state index contributed by atoms with van der Waals surface area (Å²) in [5.41, 5.74) is 2.09. The fourth-order valence-electron chi connectivity index (χ4n) is 2.35. The molecule has 1 aromatic carbocycles. The van der Waals surface area contributed by atoms with Crippen molar-refractivity contribution in [1.29, 1.82) is 0 Å². The highest BCUT2D eigenvalue weighted by Gasteiger charge is 2.12. The number of halogens is 1. The van der Waals surface area contributed by atoms with Gasteiger partial charge in [0.1, 0.15) is 5.82 Å². The molecule has 3 aromatic heterocycles. The topological polar surface area (TPSA) is 37.8 Å². The molecule has 0 aliphatic carbocycles. The van der Waals surface area contributed by atoms with Crippen molar-refractivity contribution in [2.45, 2.75) is 16.7 Å². The number of thiazole rings is 1. The lowest BCUT2D eigenvalue weighted by atomic mass is 10.2. The SMILES string of the molecule is Cc1csc(Nc2ncc(-c3cccs3)cc2Sc2ccccc2Cl)n1. The van der Waals surface area contributed by atoms with Gasteiger partial charge < -0.3 is 5.32 Å². The van der Waals surface area contributed by atoms with E-state index in [1.54, 1.807) is 34.4 Å². The molecule has 0 fully saturated rings. The van der Waals surface area contributed by atoms with Crippen molar-refractivity contribution in [3.63, 3.8) is 0 Å². The Balaban J connectivity index is 1.73. The minimum Gasteiger partial charge on any atom is -0.315 e. The van der Waals surface area contributed by atoms with Crippen LogP contribution in [0.1, 0.15) is 5.69 Å². The highest BCUT2D eigenvalue weighted by atomic mass is 35.5. The second-order valence-corrected chi connectivity index (χ2v) is 8.80. The number of nitrogens with zero attached hydrogens (tertiary/aromatic N) is 2. The molecule has 0 unspecified atom stereocenters. The Morgan fingerprint density at radius 3 is 2.69 bits per heavy atom. The number of nitrogens with one attached hydrogen (secondary N) is 1. The van der Waals surface area contributed by atoms with E-state index in [4.69, 9.17) is 11.6 Å². The molecule has 3 nitrogen and oxygen atoms in total. The van der Waals surface area contributed by atoms with Crippen LogP contribution < -0.4 is 5.32 Å². The first-order chi connectivity index (χ1) is 12.7. The van der Waals surface area contributed by atoms with E-state index in [2.05, 4.69) is 32.8 Å². The normalized spacial score (nSPS) is 10.8. The molecule has 4 rings (SSSR count). The molecule has 0 atom stereocenters. The molecule has 1 N–H and O–H groups in total. The summed E-state index contributed by atoms with van der Waals surface area (Å²) < 4.78 is 0. The van der Waals surface area contributed by atoms with E-state index >= 15 is 0 Å². The summed E-state index contributed by atoms with van der Waals surface area (Å²) in [4.78, 5) is 12.3. The molecule has 4 aromatic rings. The van der Waals surface area contributed by atoms with Crippen LogP contribution in [-0.2, 0) is 0 Å². The van der Waals surface area contributed by atoms with Crippen molar-refractivity contribution in [2.24, 2.45) is 0 Å². The third-order valence-electron chi connectivity index (χ3n) is 3.56. The van der Waals surface area contributed by atoms with Gasteiger partial charge in [0, 0.05) is 26.9 Å². The Labute approximate surface area is 169 Å². The molecule has 0 bridgehead atoms. The molecule has 130 valence electrons. The molecule has 7 heteroatoms. The van der Waals surface area contributed by atoms with E-state index in [1.165, 1.54) is 4.88 Å². The van der Waals surface area contributed by atoms with Crippen LogP contribution in [-0.4, -0.2) is 9.97 Å².